The van der Waals surface area contributed by atoms with Crippen LogP contribution in [0, 0.1) is 34.4 Å². The number of nitrogens with zero attached hydrogens (tertiary/aromatic N) is 2. The largest absolute Gasteiger partial charge is 0.390 e. The second-order valence-electron chi connectivity index (χ2n) is 5.35. The third-order valence-electron chi connectivity index (χ3n) is 3.82. The number of likely N-dealkylation sites (tertiary alicyclic amines) is 1. The molecular formula is C18H25N3O2. The molecule has 3 N–H and O–H groups in total. The number of nitriles is 1. The van der Waals surface area contributed by atoms with Crippen molar-refractivity contribution in [3.63, 3.8) is 0 Å². The number of carbonyl (C=O) groups is 1. The van der Waals surface area contributed by atoms with E-state index in [2.05, 4.69) is 5.11 Å². The van der Waals surface area contributed by atoms with Crippen LogP contribution < -0.4 is 5.72 Å². The Labute approximate surface area is 172 Å². The highest BCUT2D eigenvalue weighted by Gasteiger charge is 2.62. The highest BCUT2D eigenvalue weighted by atomic mass is 16.3. The van der Waals surface area contributed by atoms with Crippen molar-refractivity contribution < 1.29 is 42.9 Å². The Kier molecular flexibility index (Phi) is 0.687. The lowest BCUT2D eigenvalue weighted by atomic mass is 9.46. The molecule has 0 aromatic heterocycles. The van der Waals surface area contributed by atoms with Crippen LogP contribution in [0.15, 0.2) is 0 Å². The SMILES string of the molecule is [2H]OC12C([2H])([2H])C3([2H])C([2H])([2H])C([2H])(C1([2H])[2H])C([2H])([2H])C([C@@]([2H])(C(=O)N1[C@]([2H])(C#N)C([2H])([2H])[C@]4([2H])C([2H])([2H])[C@]14[2H])N([2H])[2H])(C3([2H])[2H])C2([2H])[2H]. The highest BCUT2D eigenvalue weighted by Crippen LogP contribution is 2.63. The Morgan fingerprint density at radius 1 is 1.48 bits per heavy atom. The molecule has 0 aromatic rings. The lowest BCUT2D eigenvalue weighted by Crippen LogP contribution is -2.64. The molecule has 1 saturated heterocycles. The smallest absolute Gasteiger partial charge is 0.241 e. The van der Waals surface area contributed by atoms with Gasteiger partial charge in [0.2, 0.25) is 7.34 Å². The maximum Gasteiger partial charge on any atom is 0.241 e. The van der Waals surface area contributed by atoms with Gasteiger partial charge in [-0.05, 0) is 74.1 Å². The lowest BCUT2D eigenvalue weighted by Gasteiger charge is -2.61. The summed E-state index contributed by atoms with van der Waals surface area (Å²) in [4.78, 5) is 13.9. The van der Waals surface area contributed by atoms with Gasteiger partial charge in [-0.2, -0.15) is 5.26 Å². The van der Waals surface area contributed by atoms with Crippen molar-refractivity contribution >= 4 is 5.91 Å². The first-order valence-corrected chi connectivity index (χ1v) is 6.53. The molecule has 0 radical (unpaired) electrons. The van der Waals surface area contributed by atoms with Gasteiger partial charge in [-0.1, -0.05) is 0 Å². The van der Waals surface area contributed by atoms with Gasteiger partial charge in [0, 0.05) is 32.1 Å². The van der Waals surface area contributed by atoms with E-state index in [-0.39, 0.29) is 0 Å². The number of aliphatic hydroxyl groups is 1. The van der Waals surface area contributed by atoms with E-state index in [1.807, 2.05) is 0 Å². The molecule has 6 aliphatic rings. The Morgan fingerprint density at radius 3 is 2.91 bits per heavy atom. The van der Waals surface area contributed by atoms with E-state index >= 15 is 0 Å². The van der Waals surface area contributed by atoms with Crippen LogP contribution in [0.4, 0.5) is 0 Å². The van der Waals surface area contributed by atoms with Gasteiger partial charge in [-0.3, -0.25) is 4.79 Å². The molecule has 2 unspecified atom stereocenters. The van der Waals surface area contributed by atoms with E-state index < -0.39 is 114 Å². The molecule has 1 aliphatic heterocycles. The van der Waals surface area contributed by atoms with Crippen LogP contribution in [0.3, 0.4) is 0 Å². The molecule has 0 spiro atoms. The molecule has 23 heavy (non-hydrogen) atoms. The fourth-order valence-corrected chi connectivity index (χ4v) is 2.85. The third kappa shape index (κ3) is 1.88. The Bertz CT molecular complexity index is 1550. The summed E-state index contributed by atoms with van der Waals surface area (Å²) in [7, 11) is 0. The summed E-state index contributed by atoms with van der Waals surface area (Å²) in [5.41, 5.74) is -11.0. The van der Waals surface area contributed by atoms with Crippen LogP contribution in [0.1, 0.15) is 81.1 Å². The zero-order chi connectivity index (χ0) is 38.1. The van der Waals surface area contributed by atoms with Gasteiger partial charge in [-0.15, -0.1) is 0 Å². The summed E-state index contributed by atoms with van der Waals surface area (Å²) in [5, 5.41) is 14.2. The van der Waals surface area contributed by atoms with Crippen molar-refractivity contribution in [1.29, 1.82) is 6.69 Å². The first-order valence-electron chi connectivity index (χ1n) is 18.8. The molecule has 1 heterocycles. The number of piperidine rings is 1. The standard InChI is InChI=1S/C18H25N3O2/c19-8-13-2-12-3-14(12)21(13)16(22)15(20)17-4-10-1-11(5-17)7-18(23,6-10)9-17/h10-15,23H,1-7,9,20H2/t10?,11?,12-,13+,14+,15-,17?,18?/m1/s1/i1D2,2D2,3D2,4D2,5D2,6D2,7D2,9D2,10D,11D,12D,13D,14D,15D,23D/hD2. The van der Waals surface area contributed by atoms with Crippen LogP contribution in [0.5, 0.6) is 0 Å². The lowest BCUT2D eigenvalue weighted by molar-refractivity contribution is -0.177. The summed E-state index contributed by atoms with van der Waals surface area (Å²) in [6.07, 6.45) is -35.8. The molecule has 0 aromatic carbocycles. The van der Waals surface area contributed by atoms with Gasteiger partial charge in [0.1, 0.15) is 8.84 Å². The van der Waals surface area contributed by atoms with Crippen LogP contribution in [-0.2, 0) is 4.79 Å². The minimum Gasteiger partial charge on any atom is -0.390 e. The van der Waals surface area contributed by atoms with Crippen LogP contribution in [-0.4, -0.2) is 41.0 Å². The normalized spacial score (nSPS) is 105. The van der Waals surface area contributed by atoms with Crippen molar-refractivity contribution in [3.05, 3.63) is 0 Å². The summed E-state index contributed by atoms with van der Waals surface area (Å²) < 4.78 is 216. The average molecular weight is 341 g/mol. The highest BCUT2D eigenvalue weighted by molar-refractivity contribution is 5.84. The molecule has 6 atom stereocenters. The number of fused-ring (bicyclic) bond motifs is 1. The molecule has 5 nitrogen and oxygen atoms in total. The zero-order valence-electron chi connectivity index (χ0n) is 36.2. The fourth-order valence-electron chi connectivity index (χ4n) is 2.85. The van der Waals surface area contributed by atoms with Crippen molar-refractivity contribution in [2.75, 3.05) is 0 Å². The van der Waals surface area contributed by atoms with E-state index in [4.69, 9.17) is 33.0 Å². The van der Waals surface area contributed by atoms with Gasteiger partial charge in [-0.25, -0.2) is 0 Å². The quantitative estimate of drug-likeness (QED) is 0.803. The molecule has 4 bridgehead atoms. The van der Waals surface area contributed by atoms with E-state index in [9.17, 15) is 11.4 Å². The van der Waals surface area contributed by atoms with Gasteiger partial charge in [0.15, 0.2) is 0 Å². The predicted octanol–water partition coefficient (Wildman–Crippen LogP) is 1.16. The van der Waals surface area contributed by atoms with Crippen LogP contribution in [0.25, 0.3) is 0 Å². The molecule has 124 valence electrons. The monoisotopic (exact) mass is 340 g/mol. The van der Waals surface area contributed by atoms with Crippen molar-refractivity contribution in [2.45, 2.75) is 74.6 Å². The minimum atomic E-state index is -5.06. The Balaban J connectivity index is 2.06. The third-order valence-corrected chi connectivity index (χ3v) is 3.82. The minimum absolute atomic E-state index is 0.837. The topological polar surface area (TPSA) is 90.3 Å². The molecule has 5 aliphatic carbocycles. The van der Waals surface area contributed by atoms with Gasteiger partial charge in [0.25, 0.3) is 0 Å². The van der Waals surface area contributed by atoms with Crippen molar-refractivity contribution in [2.24, 2.45) is 28.8 Å². The van der Waals surface area contributed by atoms with Crippen molar-refractivity contribution in [1.82, 2.24) is 4.90 Å². The molecule has 6 fully saturated rings. The zero-order valence-corrected chi connectivity index (χ0v) is 11.2. The van der Waals surface area contributed by atoms with E-state index in [1.165, 1.54) is 0 Å². The maximum atomic E-state index is 14.8. The van der Waals surface area contributed by atoms with Gasteiger partial charge >= 0.3 is 0 Å². The van der Waals surface area contributed by atoms with Crippen molar-refractivity contribution in [3.8, 4) is 6.07 Å². The number of amides is 1. The predicted molar refractivity (Wildman–Crippen MR) is 82.8 cm³/mol. The number of carbonyl (C=O) groups excluding carboxylic acids is 1. The maximum absolute atomic E-state index is 14.8. The summed E-state index contributed by atoms with van der Waals surface area (Å²) >= 11 is 0. The number of rotatable bonds is 4. The second-order valence-corrected chi connectivity index (χ2v) is 5.35. The molecular weight excluding hydrogens is 290 g/mol. The van der Waals surface area contributed by atoms with Crippen LogP contribution >= 0.6 is 0 Å². The number of hydrogen-bond acceptors (Lipinski definition) is 4. The second kappa shape index (κ2) is 4.29. The first-order chi connectivity index (χ1) is 20.8. The molecule has 5 heteroatoms. The Morgan fingerprint density at radius 2 is 2.26 bits per heavy atom. The molecule has 1 amide bonds. The Hall–Kier alpha value is -1.12. The van der Waals surface area contributed by atoms with E-state index in [1.54, 1.807) is 0 Å². The van der Waals surface area contributed by atoms with E-state index in [0.717, 1.165) is 6.07 Å². The summed E-state index contributed by atoms with van der Waals surface area (Å²) in [5.74, 6) is -15.8. The van der Waals surface area contributed by atoms with Gasteiger partial charge < -0.3 is 15.7 Å². The average Bonchev–Trinajstić information content (AvgIpc) is 3.22. The molecule has 5 saturated carbocycles. The van der Waals surface area contributed by atoms with E-state index in [0.29, 0.717) is 0 Å². The summed E-state index contributed by atoms with van der Waals surface area (Å²) in [6, 6.07) is -12.0. The number of hydrogen-bond donors (Lipinski definition) is 2. The first kappa shape index (κ1) is 3.68. The van der Waals surface area contributed by atoms with Gasteiger partial charge in [0.05, 0.1) is 21.8 Å². The summed E-state index contributed by atoms with van der Waals surface area (Å²) in [6.45, 7) is 0. The molecule has 6 rings (SSSR count). The van der Waals surface area contributed by atoms with Crippen LogP contribution in [0.2, 0.25) is 2.82 Å². The number of nitrogens with two attached hydrogens (primary N) is 1. The fraction of sp³-hybridized carbons (Fsp3) is 0.889.